The highest BCUT2D eigenvalue weighted by molar-refractivity contribution is 5.77. The van der Waals surface area contributed by atoms with Gasteiger partial charge in [-0.25, -0.2) is 4.98 Å². The number of carbonyl (C=O) groups is 1. The van der Waals surface area contributed by atoms with E-state index < -0.39 is 0 Å². The van der Waals surface area contributed by atoms with Gasteiger partial charge in [0.15, 0.2) is 0 Å². The Labute approximate surface area is 147 Å². The van der Waals surface area contributed by atoms with Gasteiger partial charge in [-0.05, 0) is 18.7 Å². The number of nitrogens with zero attached hydrogens (tertiary/aromatic N) is 3. The summed E-state index contributed by atoms with van der Waals surface area (Å²) in [5, 5.41) is 3.85. The van der Waals surface area contributed by atoms with Crippen molar-refractivity contribution in [1.29, 1.82) is 0 Å². The fraction of sp³-hybridized carbons (Fsp3) is 0.500. The summed E-state index contributed by atoms with van der Waals surface area (Å²) in [6.45, 7) is 7.34. The zero-order valence-electron chi connectivity index (χ0n) is 14.6. The third-order valence-corrected chi connectivity index (χ3v) is 4.59. The molecule has 1 aromatic carbocycles. The molecule has 7 nitrogen and oxygen atoms in total. The lowest BCUT2D eigenvalue weighted by Crippen LogP contribution is -2.47. The maximum atomic E-state index is 12.3. The van der Waals surface area contributed by atoms with Crippen LogP contribution in [-0.4, -0.2) is 64.9 Å². The number of carbonyl (C=O) groups excluding carboxylic acids is 1. The van der Waals surface area contributed by atoms with Gasteiger partial charge in [0.25, 0.3) is 5.56 Å². The molecule has 2 heterocycles. The van der Waals surface area contributed by atoms with E-state index in [2.05, 4.69) is 27.1 Å². The molecule has 1 fully saturated rings. The van der Waals surface area contributed by atoms with Crippen LogP contribution in [0.1, 0.15) is 19.2 Å². The molecule has 0 atom stereocenters. The van der Waals surface area contributed by atoms with Crippen LogP contribution < -0.4 is 10.9 Å². The SMILES string of the molecule is CCN(CCC(=O)N1CCNCC1)Cc1nc2ccccc2c(=O)[nH]1. The van der Waals surface area contributed by atoms with Crippen LogP contribution in [0.25, 0.3) is 10.9 Å². The molecule has 2 N–H and O–H groups in total. The standard InChI is InChI=1S/C18H25N5O2/c1-2-22(10-7-17(24)23-11-8-19-9-12-23)13-16-20-15-6-4-3-5-14(15)18(25)21-16/h3-6,19H,2,7-13H2,1H3,(H,20,21,25). The predicted molar refractivity (Wildman–Crippen MR) is 97.4 cm³/mol. The maximum absolute atomic E-state index is 12.3. The van der Waals surface area contributed by atoms with Crippen molar-refractivity contribution in [3.05, 3.63) is 40.4 Å². The van der Waals surface area contributed by atoms with E-state index in [4.69, 9.17) is 0 Å². The molecule has 25 heavy (non-hydrogen) atoms. The second-order valence-corrected chi connectivity index (χ2v) is 6.28. The van der Waals surface area contributed by atoms with Gasteiger partial charge >= 0.3 is 0 Å². The number of benzene rings is 1. The summed E-state index contributed by atoms with van der Waals surface area (Å²) in [7, 11) is 0. The second kappa shape index (κ2) is 8.22. The number of piperazine rings is 1. The summed E-state index contributed by atoms with van der Waals surface area (Å²) in [6, 6.07) is 7.33. The third-order valence-electron chi connectivity index (χ3n) is 4.59. The summed E-state index contributed by atoms with van der Waals surface area (Å²) in [4.78, 5) is 35.9. The Kier molecular flexibility index (Phi) is 5.78. The number of para-hydroxylation sites is 1. The number of amides is 1. The molecule has 0 saturated carbocycles. The summed E-state index contributed by atoms with van der Waals surface area (Å²) in [5.74, 6) is 0.833. The third kappa shape index (κ3) is 4.43. The van der Waals surface area contributed by atoms with Gasteiger partial charge in [0.2, 0.25) is 5.91 Å². The van der Waals surface area contributed by atoms with Gasteiger partial charge in [0.1, 0.15) is 5.82 Å². The molecular weight excluding hydrogens is 318 g/mol. The molecule has 2 aromatic rings. The predicted octanol–water partition coefficient (Wildman–Crippen LogP) is 0.567. The topological polar surface area (TPSA) is 81.3 Å². The van der Waals surface area contributed by atoms with Crippen molar-refractivity contribution in [3.63, 3.8) is 0 Å². The normalized spacial score (nSPS) is 15.0. The van der Waals surface area contributed by atoms with Crippen LogP contribution in [0.2, 0.25) is 0 Å². The number of rotatable bonds is 6. The van der Waals surface area contributed by atoms with Crippen molar-refractivity contribution >= 4 is 16.8 Å². The van der Waals surface area contributed by atoms with E-state index in [-0.39, 0.29) is 11.5 Å². The first-order valence-electron chi connectivity index (χ1n) is 8.86. The van der Waals surface area contributed by atoms with Crippen LogP contribution in [0.3, 0.4) is 0 Å². The number of H-pyrrole nitrogens is 1. The van der Waals surface area contributed by atoms with Crippen LogP contribution in [0.15, 0.2) is 29.1 Å². The average molecular weight is 343 g/mol. The lowest BCUT2D eigenvalue weighted by atomic mass is 10.2. The van der Waals surface area contributed by atoms with Crippen molar-refractivity contribution in [1.82, 2.24) is 25.1 Å². The van der Waals surface area contributed by atoms with Gasteiger partial charge in [0.05, 0.1) is 17.4 Å². The monoisotopic (exact) mass is 343 g/mol. The fourth-order valence-corrected chi connectivity index (χ4v) is 3.10. The molecule has 0 unspecified atom stereocenters. The molecule has 1 amide bonds. The zero-order valence-corrected chi connectivity index (χ0v) is 14.6. The van der Waals surface area contributed by atoms with Crippen molar-refractivity contribution < 1.29 is 4.79 Å². The van der Waals surface area contributed by atoms with E-state index in [1.54, 1.807) is 6.07 Å². The van der Waals surface area contributed by atoms with Crippen molar-refractivity contribution in [3.8, 4) is 0 Å². The van der Waals surface area contributed by atoms with E-state index in [0.717, 1.165) is 32.7 Å². The molecule has 0 bridgehead atoms. The van der Waals surface area contributed by atoms with E-state index in [0.29, 0.717) is 36.2 Å². The molecule has 0 spiro atoms. The van der Waals surface area contributed by atoms with Gasteiger partial charge in [-0.2, -0.15) is 0 Å². The highest BCUT2D eigenvalue weighted by atomic mass is 16.2. The summed E-state index contributed by atoms with van der Waals surface area (Å²) in [6.07, 6.45) is 0.492. The second-order valence-electron chi connectivity index (χ2n) is 6.28. The Hall–Kier alpha value is -2.25. The molecule has 7 heteroatoms. The average Bonchev–Trinajstić information content (AvgIpc) is 2.65. The van der Waals surface area contributed by atoms with E-state index in [1.807, 2.05) is 23.1 Å². The first kappa shape index (κ1) is 17.6. The molecule has 1 saturated heterocycles. The number of nitrogens with one attached hydrogen (secondary N) is 2. The quantitative estimate of drug-likeness (QED) is 0.801. The van der Waals surface area contributed by atoms with Gasteiger partial charge in [-0.15, -0.1) is 0 Å². The van der Waals surface area contributed by atoms with Crippen LogP contribution >= 0.6 is 0 Å². The Morgan fingerprint density at radius 2 is 2.04 bits per heavy atom. The highest BCUT2D eigenvalue weighted by Crippen LogP contribution is 2.08. The molecular formula is C18H25N5O2. The highest BCUT2D eigenvalue weighted by Gasteiger charge is 2.17. The van der Waals surface area contributed by atoms with E-state index in [1.165, 1.54) is 0 Å². The molecule has 1 aliphatic rings. The number of aromatic amines is 1. The maximum Gasteiger partial charge on any atom is 0.258 e. The van der Waals surface area contributed by atoms with Gasteiger partial charge in [0, 0.05) is 39.1 Å². The van der Waals surface area contributed by atoms with Crippen molar-refractivity contribution in [2.45, 2.75) is 19.9 Å². The molecule has 134 valence electrons. The number of hydrogen-bond acceptors (Lipinski definition) is 5. The zero-order chi connectivity index (χ0) is 17.6. The number of aromatic nitrogens is 2. The minimum Gasteiger partial charge on any atom is -0.340 e. The summed E-state index contributed by atoms with van der Waals surface area (Å²) in [5.41, 5.74) is 0.586. The van der Waals surface area contributed by atoms with E-state index >= 15 is 0 Å². The van der Waals surface area contributed by atoms with Crippen LogP contribution in [-0.2, 0) is 11.3 Å². The Balaban J connectivity index is 1.62. The molecule has 0 aliphatic carbocycles. The Morgan fingerprint density at radius 3 is 2.80 bits per heavy atom. The summed E-state index contributed by atoms with van der Waals surface area (Å²) >= 11 is 0. The van der Waals surface area contributed by atoms with Crippen LogP contribution in [0, 0.1) is 0 Å². The molecule has 3 rings (SSSR count). The Morgan fingerprint density at radius 1 is 1.28 bits per heavy atom. The minimum absolute atomic E-state index is 0.117. The Bertz CT molecular complexity index is 782. The lowest BCUT2D eigenvalue weighted by Gasteiger charge is -2.28. The van der Waals surface area contributed by atoms with Gasteiger partial charge in [-0.3, -0.25) is 14.5 Å². The first-order chi connectivity index (χ1) is 12.2. The van der Waals surface area contributed by atoms with Crippen molar-refractivity contribution in [2.75, 3.05) is 39.3 Å². The summed E-state index contributed by atoms with van der Waals surface area (Å²) < 4.78 is 0. The largest absolute Gasteiger partial charge is 0.340 e. The van der Waals surface area contributed by atoms with Crippen LogP contribution in [0.5, 0.6) is 0 Å². The molecule has 1 aliphatic heterocycles. The minimum atomic E-state index is -0.117. The molecule has 1 aromatic heterocycles. The first-order valence-corrected chi connectivity index (χ1v) is 8.86. The van der Waals surface area contributed by atoms with Crippen LogP contribution in [0.4, 0.5) is 0 Å². The van der Waals surface area contributed by atoms with Gasteiger partial charge in [-0.1, -0.05) is 19.1 Å². The van der Waals surface area contributed by atoms with E-state index in [9.17, 15) is 9.59 Å². The van der Waals surface area contributed by atoms with Crippen molar-refractivity contribution in [2.24, 2.45) is 0 Å². The smallest absolute Gasteiger partial charge is 0.258 e. The fourth-order valence-electron chi connectivity index (χ4n) is 3.10. The molecule has 0 radical (unpaired) electrons. The number of fused-ring (bicyclic) bond motifs is 1. The van der Waals surface area contributed by atoms with Gasteiger partial charge < -0.3 is 15.2 Å². The number of hydrogen-bond donors (Lipinski definition) is 2. The lowest BCUT2D eigenvalue weighted by molar-refractivity contribution is -0.132.